The molecule has 1 fully saturated rings. The Morgan fingerprint density at radius 1 is 1.22 bits per heavy atom. The van der Waals surface area contributed by atoms with Crippen LogP contribution in [0.1, 0.15) is 40.5 Å². The van der Waals surface area contributed by atoms with E-state index in [2.05, 4.69) is 6.92 Å². The van der Waals surface area contributed by atoms with Crippen LogP contribution in [0.4, 0.5) is 0 Å². The fourth-order valence-electron chi connectivity index (χ4n) is 0.583. The third-order valence-electron chi connectivity index (χ3n) is 1.24. The van der Waals surface area contributed by atoms with E-state index in [-0.39, 0.29) is 33.9 Å². The zero-order valence-electron chi connectivity index (χ0n) is 12.2. The molecule has 1 atom stereocenters. The minimum absolute atomic E-state index is 0. The van der Waals surface area contributed by atoms with Crippen molar-refractivity contribution in [2.75, 3.05) is 19.8 Å². The van der Waals surface area contributed by atoms with E-state index >= 15 is 0 Å². The smallest absolute Gasteiger partial charge is 0.104 e. The van der Waals surface area contributed by atoms with Gasteiger partial charge in [0.15, 0.2) is 0 Å². The Kier molecular flexibility index (Phi) is 23.0. The molecule has 1 rings (SSSR count). The van der Waals surface area contributed by atoms with Crippen molar-refractivity contribution in [2.24, 2.45) is 0 Å². The van der Waals surface area contributed by atoms with Crippen molar-refractivity contribution in [3.63, 3.8) is 0 Å². The van der Waals surface area contributed by atoms with Gasteiger partial charge < -0.3 is 26.6 Å². The van der Waals surface area contributed by atoms with Gasteiger partial charge >= 0.3 is 0 Å². The average Bonchev–Trinajstić information content (AvgIpc) is 2.94. The topological polar surface area (TPSA) is 62.2 Å². The second-order valence-corrected chi connectivity index (χ2v) is 4.42. The van der Waals surface area contributed by atoms with Crippen molar-refractivity contribution < 1.29 is 41.4 Å². The first kappa shape index (κ1) is 23.6. The zero-order valence-corrected chi connectivity index (χ0v) is 13.7. The molecular weight excluding hydrogens is 268 g/mol. The van der Waals surface area contributed by atoms with Crippen molar-refractivity contribution >= 4 is 0 Å². The maximum absolute atomic E-state index is 8.06. The molecule has 0 aromatic heterocycles. The van der Waals surface area contributed by atoms with Crippen LogP contribution in [-0.4, -0.2) is 48.3 Å². The molecule has 0 saturated carbocycles. The Morgan fingerprint density at radius 3 is 1.89 bits per heavy atom. The van der Waals surface area contributed by atoms with Crippen LogP contribution in [0.3, 0.4) is 0 Å². The first-order valence-electron chi connectivity index (χ1n) is 6.24. The number of hydrogen-bond acceptors (Lipinski definition) is 4. The summed E-state index contributed by atoms with van der Waals surface area (Å²) in [6.45, 7) is 13.1. The molecule has 0 spiro atoms. The number of aliphatic hydroxyl groups is 2. The summed E-state index contributed by atoms with van der Waals surface area (Å²) in [6, 6.07) is 0. The van der Waals surface area contributed by atoms with E-state index < -0.39 is 0 Å². The number of unbranched alkanes of at least 4 members (excludes halogenated alkanes) is 1. The second kappa shape index (κ2) is 17.6. The molecule has 4 nitrogen and oxygen atoms in total. The van der Waals surface area contributed by atoms with E-state index in [1.807, 2.05) is 0 Å². The molecule has 1 saturated heterocycles. The van der Waals surface area contributed by atoms with Gasteiger partial charge in [-0.3, -0.25) is 0 Å². The number of hydrogen-bond donors (Lipinski definition) is 2. The van der Waals surface area contributed by atoms with Crippen LogP contribution in [0, 0.1) is 6.92 Å². The Labute approximate surface area is 127 Å². The molecule has 1 unspecified atom stereocenters. The van der Waals surface area contributed by atoms with Gasteiger partial charge in [-0.2, -0.15) is 6.42 Å². The van der Waals surface area contributed by atoms with Crippen molar-refractivity contribution in [1.29, 1.82) is 0 Å². The van der Waals surface area contributed by atoms with Gasteiger partial charge in [0.25, 0.3) is 0 Å². The SMILES string of the molecule is CC(C)O.CC(C)O.[CH2-]CCCOCC1CO1.[Ti]. The van der Waals surface area contributed by atoms with E-state index in [4.69, 9.17) is 19.7 Å². The summed E-state index contributed by atoms with van der Waals surface area (Å²) in [5.74, 6) is 0. The van der Waals surface area contributed by atoms with E-state index in [0.717, 1.165) is 32.7 Å². The number of ether oxygens (including phenoxy) is 2. The van der Waals surface area contributed by atoms with E-state index in [0.29, 0.717) is 6.10 Å². The minimum Gasteiger partial charge on any atom is -0.394 e. The fraction of sp³-hybridized carbons (Fsp3) is 0.923. The second-order valence-electron chi connectivity index (χ2n) is 4.42. The Morgan fingerprint density at radius 2 is 1.61 bits per heavy atom. The summed E-state index contributed by atoms with van der Waals surface area (Å²) in [7, 11) is 0. The van der Waals surface area contributed by atoms with Gasteiger partial charge in [-0.15, -0.1) is 0 Å². The third kappa shape index (κ3) is 43.9. The van der Waals surface area contributed by atoms with Gasteiger partial charge in [-0.25, -0.2) is 0 Å². The van der Waals surface area contributed by atoms with Crippen molar-refractivity contribution in [2.45, 2.75) is 58.8 Å². The van der Waals surface area contributed by atoms with Gasteiger partial charge in [0.2, 0.25) is 0 Å². The van der Waals surface area contributed by atoms with E-state index in [1.54, 1.807) is 27.7 Å². The van der Waals surface area contributed by atoms with Crippen LogP contribution < -0.4 is 0 Å². The predicted octanol–water partition coefficient (Wildman–Crippen LogP) is 1.79. The molecule has 0 amide bonds. The summed E-state index contributed by atoms with van der Waals surface area (Å²) >= 11 is 0. The molecule has 18 heavy (non-hydrogen) atoms. The quantitative estimate of drug-likeness (QED) is 0.351. The van der Waals surface area contributed by atoms with Gasteiger partial charge in [0.1, 0.15) is 6.10 Å². The largest absolute Gasteiger partial charge is 0.394 e. The predicted molar refractivity (Wildman–Crippen MR) is 69.9 cm³/mol. The number of epoxide rings is 1. The van der Waals surface area contributed by atoms with Crippen molar-refractivity contribution in [3.8, 4) is 0 Å². The molecule has 0 radical (unpaired) electrons. The Hall–Kier alpha value is 0.554. The van der Waals surface area contributed by atoms with Crippen molar-refractivity contribution in [3.05, 3.63) is 6.92 Å². The molecule has 2 N–H and O–H groups in total. The first-order chi connectivity index (χ1) is 7.90. The summed E-state index contributed by atoms with van der Waals surface area (Å²) < 4.78 is 10.2. The molecule has 1 heterocycles. The molecule has 5 heteroatoms. The maximum Gasteiger partial charge on any atom is 0.104 e. The van der Waals surface area contributed by atoms with Gasteiger partial charge in [0, 0.05) is 40.5 Å². The summed E-state index contributed by atoms with van der Waals surface area (Å²) in [6.07, 6.45) is 2.10. The molecule has 0 aromatic rings. The Balaban J connectivity index is -0.000000214. The van der Waals surface area contributed by atoms with Crippen LogP contribution in [0.5, 0.6) is 0 Å². The average molecular weight is 297 g/mol. The third-order valence-corrected chi connectivity index (χ3v) is 1.24. The van der Waals surface area contributed by atoms with E-state index in [1.165, 1.54) is 0 Å². The zero-order chi connectivity index (χ0) is 13.7. The summed E-state index contributed by atoms with van der Waals surface area (Å²) in [4.78, 5) is 0. The van der Waals surface area contributed by atoms with Crippen molar-refractivity contribution in [1.82, 2.24) is 0 Å². The number of rotatable bonds is 5. The molecule has 0 aliphatic carbocycles. The molecule has 0 bridgehead atoms. The monoisotopic (exact) mass is 297 g/mol. The van der Waals surface area contributed by atoms with E-state index in [9.17, 15) is 0 Å². The van der Waals surface area contributed by atoms with Gasteiger partial charge in [0.05, 0.1) is 13.2 Å². The van der Waals surface area contributed by atoms with Crippen LogP contribution >= 0.6 is 0 Å². The number of aliphatic hydroxyl groups excluding tert-OH is 2. The van der Waals surface area contributed by atoms with Gasteiger partial charge in [-0.05, 0) is 27.7 Å². The summed E-state index contributed by atoms with van der Waals surface area (Å²) in [5, 5.41) is 16.1. The van der Waals surface area contributed by atoms with Crippen LogP contribution in [-0.2, 0) is 31.2 Å². The normalized spacial score (nSPS) is 16.2. The van der Waals surface area contributed by atoms with Gasteiger partial charge in [-0.1, -0.05) is 6.42 Å². The minimum atomic E-state index is -0.167. The molecule has 1 aliphatic rings. The molecule has 110 valence electrons. The maximum atomic E-state index is 8.06. The van der Waals surface area contributed by atoms with Crippen LogP contribution in [0.2, 0.25) is 0 Å². The standard InChI is InChI=1S/C7H13O2.2C3H8O.Ti/c1-2-3-4-8-5-7-6-9-7;2*1-3(2)4;/h7H,1-6H2;2*3-4H,1-2H3;/q-1;;;. The Bertz CT molecular complexity index is 127. The summed E-state index contributed by atoms with van der Waals surface area (Å²) in [5.41, 5.74) is 0. The van der Waals surface area contributed by atoms with Crippen LogP contribution in [0.15, 0.2) is 0 Å². The first-order valence-corrected chi connectivity index (χ1v) is 6.24. The molecule has 0 aromatic carbocycles. The molecule has 1 aliphatic heterocycles. The molecular formula is C13H29O4Ti-. The fourth-order valence-corrected chi connectivity index (χ4v) is 0.583. The van der Waals surface area contributed by atoms with Crippen LogP contribution in [0.25, 0.3) is 0 Å².